The molecule has 1 aliphatic carbocycles. The fourth-order valence-corrected chi connectivity index (χ4v) is 5.89. The summed E-state index contributed by atoms with van der Waals surface area (Å²) in [7, 11) is 0. The number of benzene rings is 2. The van der Waals surface area contributed by atoms with Gasteiger partial charge in [-0.15, -0.1) is 0 Å². The molecule has 37 heavy (non-hydrogen) atoms. The largest absolute Gasteiger partial charge is 0.488 e. The van der Waals surface area contributed by atoms with Gasteiger partial charge in [0.1, 0.15) is 17.9 Å². The van der Waals surface area contributed by atoms with Gasteiger partial charge in [0.2, 0.25) is 5.91 Å². The lowest BCUT2D eigenvalue weighted by atomic mass is 9.83. The number of aliphatic carboxylic acids is 1. The molecule has 1 saturated heterocycles. The van der Waals surface area contributed by atoms with Crippen LogP contribution in [0.25, 0.3) is 16.3 Å². The van der Waals surface area contributed by atoms with E-state index in [4.69, 9.17) is 15.6 Å². The second-order valence-corrected chi connectivity index (χ2v) is 10.5. The number of amides is 1. The summed E-state index contributed by atoms with van der Waals surface area (Å²) in [5.41, 5.74) is 8.25. The van der Waals surface area contributed by atoms with Crippen molar-refractivity contribution in [2.45, 2.75) is 82.4 Å². The van der Waals surface area contributed by atoms with Gasteiger partial charge in [0.15, 0.2) is 0 Å². The third-order valence-corrected chi connectivity index (χ3v) is 7.95. The molecule has 2 aromatic carbocycles. The molecule has 7 nitrogen and oxygen atoms in total. The van der Waals surface area contributed by atoms with Gasteiger partial charge in [-0.1, -0.05) is 62.6 Å². The molecule has 3 atom stereocenters. The number of fused-ring (bicyclic) bond motifs is 1. The first-order valence-corrected chi connectivity index (χ1v) is 13.7. The first kappa shape index (κ1) is 27.1. The molecule has 0 radical (unpaired) electrons. The molecule has 2 aliphatic rings. The van der Waals surface area contributed by atoms with E-state index in [9.17, 15) is 14.7 Å². The highest BCUT2D eigenvalue weighted by molar-refractivity contribution is 5.96. The minimum Gasteiger partial charge on any atom is -0.488 e. The van der Waals surface area contributed by atoms with Crippen LogP contribution in [0.15, 0.2) is 43.0 Å². The molecular weight excluding hydrogens is 468 g/mol. The van der Waals surface area contributed by atoms with Crippen LogP contribution in [0.2, 0.25) is 0 Å². The van der Waals surface area contributed by atoms with Gasteiger partial charge in [0.25, 0.3) is 0 Å². The summed E-state index contributed by atoms with van der Waals surface area (Å²) in [6.45, 7) is 4.73. The van der Waals surface area contributed by atoms with E-state index in [1.807, 2.05) is 36.4 Å². The van der Waals surface area contributed by atoms with Gasteiger partial charge in [0, 0.05) is 18.6 Å². The lowest BCUT2D eigenvalue weighted by molar-refractivity contribution is -0.149. The van der Waals surface area contributed by atoms with Gasteiger partial charge in [-0.25, -0.2) is 4.79 Å². The van der Waals surface area contributed by atoms with E-state index in [0.29, 0.717) is 5.75 Å². The van der Waals surface area contributed by atoms with Crippen molar-refractivity contribution >= 4 is 28.2 Å². The molecule has 0 bridgehead atoms. The quantitative estimate of drug-likeness (QED) is 0.378. The number of carboxylic acids is 1. The zero-order valence-electron chi connectivity index (χ0n) is 21.6. The van der Waals surface area contributed by atoms with E-state index in [-0.39, 0.29) is 31.4 Å². The van der Waals surface area contributed by atoms with Gasteiger partial charge >= 0.3 is 5.97 Å². The molecule has 2 aromatic rings. The van der Waals surface area contributed by atoms with Gasteiger partial charge in [-0.2, -0.15) is 0 Å². The fourth-order valence-electron chi connectivity index (χ4n) is 5.89. The average molecular weight is 509 g/mol. The molecule has 1 aliphatic heterocycles. The van der Waals surface area contributed by atoms with E-state index in [0.717, 1.165) is 79.7 Å². The van der Waals surface area contributed by atoms with Crippen LogP contribution in [-0.2, 0) is 9.59 Å². The molecule has 4 N–H and O–H groups in total. The van der Waals surface area contributed by atoms with Crippen LogP contribution >= 0.6 is 0 Å². The zero-order valence-corrected chi connectivity index (χ0v) is 21.6. The lowest BCUT2D eigenvalue weighted by Crippen LogP contribution is -2.51. The third kappa shape index (κ3) is 6.33. The summed E-state index contributed by atoms with van der Waals surface area (Å²) < 4.78 is 6.45. The molecule has 4 rings (SSSR count). The highest BCUT2D eigenvalue weighted by Crippen LogP contribution is 2.37. The molecule has 0 aromatic heterocycles. The number of unbranched alkanes of at least 4 members (excludes halogenated alkanes) is 2. The van der Waals surface area contributed by atoms with Crippen molar-refractivity contribution in [3.63, 3.8) is 0 Å². The number of aliphatic hydroxyl groups is 1. The van der Waals surface area contributed by atoms with E-state index in [1.54, 1.807) is 0 Å². The van der Waals surface area contributed by atoms with Crippen molar-refractivity contribution in [1.29, 1.82) is 0 Å². The Hall–Kier alpha value is -2.90. The van der Waals surface area contributed by atoms with Crippen LogP contribution in [-0.4, -0.2) is 58.3 Å². The number of nitrogens with two attached hydrogens (primary N) is 1. The lowest BCUT2D eigenvalue weighted by Gasteiger charge is -2.31. The van der Waals surface area contributed by atoms with E-state index in [2.05, 4.69) is 6.58 Å². The highest BCUT2D eigenvalue weighted by atomic mass is 16.5. The molecule has 0 spiro atoms. The Bertz CT molecular complexity index is 1110. The first-order valence-electron chi connectivity index (χ1n) is 13.7. The first-order chi connectivity index (χ1) is 17.9. The Morgan fingerprint density at radius 2 is 1.84 bits per heavy atom. The number of allylic oxidation sites excluding steroid dienone is 1. The normalized spacial score (nSPS) is 21.2. The second kappa shape index (κ2) is 12.6. The number of rotatable bonds is 11. The summed E-state index contributed by atoms with van der Waals surface area (Å²) in [5, 5.41) is 21.1. The number of aliphatic hydroxyl groups excluding tert-OH is 1. The summed E-state index contributed by atoms with van der Waals surface area (Å²) in [6, 6.07) is 10.4. The van der Waals surface area contributed by atoms with Crippen molar-refractivity contribution in [1.82, 2.24) is 4.90 Å². The molecular formula is C30H40N2O5. The number of nitrogens with zero attached hydrogens (tertiary/aromatic N) is 1. The number of hydrogen-bond acceptors (Lipinski definition) is 5. The molecule has 1 heterocycles. The van der Waals surface area contributed by atoms with E-state index < -0.39 is 24.2 Å². The van der Waals surface area contributed by atoms with Crippen molar-refractivity contribution < 1.29 is 24.5 Å². The predicted molar refractivity (Wildman–Crippen MR) is 145 cm³/mol. The Balaban J connectivity index is 1.54. The van der Waals surface area contributed by atoms with Crippen molar-refractivity contribution in [3.8, 4) is 5.75 Å². The summed E-state index contributed by atoms with van der Waals surface area (Å²) in [6.07, 6.45) is 8.24. The Morgan fingerprint density at radius 3 is 2.57 bits per heavy atom. The minimum atomic E-state index is -1.03. The number of carboxylic acid groups (broad SMARTS) is 1. The Kier molecular flexibility index (Phi) is 9.22. The van der Waals surface area contributed by atoms with Gasteiger partial charge in [0.05, 0.1) is 12.6 Å². The predicted octanol–water partition coefficient (Wildman–Crippen LogP) is 4.75. The number of hydrogen-bond donors (Lipinski definition) is 3. The van der Waals surface area contributed by atoms with E-state index in [1.165, 1.54) is 4.90 Å². The van der Waals surface area contributed by atoms with Crippen LogP contribution in [0.3, 0.4) is 0 Å². The Morgan fingerprint density at radius 1 is 1.08 bits per heavy atom. The van der Waals surface area contributed by atoms with E-state index >= 15 is 0 Å². The molecule has 2 fully saturated rings. The maximum atomic E-state index is 13.3. The summed E-state index contributed by atoms with van der Waals surface area (Å²) in [4.78, 5) is 26.9. The average Bonchev–Trinajstić information content (AvgIpc) is 3.34. The maximum Gasteiger partial charge on any atom is 0.326 e. The topological polar surface area (TPSA) is 113 Å². The number of carbonyl (C=O) groups is 2. The van der Waals surface area contributed by atoms with Crippen molar-refractivity contribution in [2.75, 3.05) is 13.2 Å². The SMILES string of the molecule is C=C(CCCCCO)c1c(O[C@@H]2CC(C(=O)O)N(C(=O)[C@@H](N)C3CCCCC3)C2)ccc2ccccc12. The third-order valence-electron chi connectivity index (χ3n) is 7.95. The van der Waals surface area contributed by atoms with Crippen molar-refractivity contribution in [3.05, 3.63) is 48.5 Å². The standard InChI is InChI=1S/C30H40N2O5/c1-20(10-4-3-9-17-33)27-24-14-8-7-11-21(24)15-16-26(27)37-23-18-25(30(35)36)32(19-23)29(34)28(31)22-12-5-2-6-13-22/h7-8,11,14-16,22-23,25,28,33H,1-6,9-10,12-13,17-19,31H2,(H,35,36)/t23-,25?,28+/m1/s1. The number of carbonyl (C=O) groups excluding carboxylic acids is 1. The van der Waals surface area contributed by atoms with Gasteiger partial charge in [-0.05, 0) is 60.4 Å². The summed E-state index contributed by atoms with van der Waals surface area (Å²) in [5.74, 6) is -0.539. The van der Waals surface area contributed by atoms with Crippen LogP contribution in [0.1, 0.15) is 69.8 Å². The second-order valence-electron chi connectivity index (χ2n) is 10.5. The highest BCUT2D eigenvalue weighted by Gasteiger charge is 2.43. The monoisotopic (exact) mass is 508 g/mol. The van der Waals surface area contributed by atoms with Crippen LogP contribution < -0.4 is 10.5 Å². The van der Waals surface area contributed by atoms with Gasteiger partial charge in [-0.3, -0.25) is 4.79 Å². The number of ether oxygens (including phenoxy) is 1. The zero-order chi connectivity index (χ0) is 26.4. The van der Waals surface area contributed by atoms with Crippen LogP contribution in [0.4, 0.5) is 0 Å². The Labute approximate surface area is 219 Å². The van der Waals surface area contributed by atoms with Gasteiger partial charge < -0.3 is 25.6 Å². The number of likely N-dealkylation sites (tertiary alicyclic amines) is 1. The van der Waals surface area contributed by atoms with Crippen LogP contribution in [0.5, 0.6) is 5.75 Å². The minimum absolute atomic E-state index is 0.108. The summed E-state index contributed by atoms with van der Waals surface area (Å²) >= 11 is 0. The van der Waals surface area contributed by atoms with Crippen LogP contribution in [0, 0.1) is 5.92 Å². The molecule has 7 heteroatoms. The molecule has 1 amide bonds. The molecule has 1 saturated carbocycles. The smallest absolute Gasteiger partial charge is 0.326 e. The fraction of sp³-hybridized carbons (Fsp3) is 0.533. The van der Waals surface area contributed by atoms with Crippen molar-refractivity contribution in [2.24, 2.45) is 11.7 Å². The molecule has 200 valence electrons. The molecule has 1 unspecified atom stereocenters. The maximum absolute atomic E-state index is 13.3.